The lowest BCUT2D eigenvalue weighted by molar-refractivity contribution is -0.143. The highest BCUT2D eigenvalue weighted by atomic mass is 16.5. The predicted octanol–water partition coefficient (Wildman–Crippen LogP) is 4.12. The molecule has 1 heterocycles. The molecule has 2 unspecified atom stereocenters. The number of fused-ring (bicyclic) bond motifs is 4. The van der Waals surface area contributed by atoms with Gasteiger partial charge in [-0.05, 0) is 53.9 Å². The number of nitrogens with zero attached hydrogens (tertiary/aromatic N) is 1. The number of carboxylic acid groups (broad SMARTS) is 1. The molecule has 7 heteroatoms. The van der Waals surface area contributed by atoms with E-state index in [2.05, 4.69) is 29.6 Å². The van der Waals surface area contributed by atoms with Crippen molar-refractivity contribution in [2.75, 3.05) is 26.2 Å². The molecule has 0 aromatic heterocycles. The molecule has 3 aliphatic rings. The van der Waals surface area contributed by atoms with Crippen LogP contribution in [-0.4, -0.2) is 54.2 Å². The molecule has 2 fully saturated rings. The van der Waals surface area contributed by atoms with Gasteiger partial charge >= 0.3 is 12.1 Å². The van der Waals surface area contributed by atoms with E-state index >= 15 is 0 Å². The second-order valence-corrected chi connectivity index (χ2v) is 10.3. The topological polar surface area (TPSA) is 95.9 Å². The Morgan fingerprint density at radius 3 is 2.29 bits per heavy atom. The maximum atomic E-state index is 13.3. The molecule has 1 aliphatic heterocycles. The first kappa shape index (κ1) is 23.4. The standard InChI is InChI=1S/C28H32N2O5/c1-3-28(2,26(33)30-13-12-21-22(14-30)24(21)25(31)32)16-29-27(34)35-15-23-19-10-6-4-8-17(19)18-9-5-7-11-20(18)23/h4-11,21-24H,3,12-16H2,1-2H3,(H,29,34)(H,31,32)/t21-,22+,24?,28?/m0/s1. The van der Waals surface area contributed by atoms with Crippen LogP contribution in [0, 0.1) is 23.2 Å². The highest BCUT2D eigenvalue weighted by Gasteiger charge is 2.58. The number of amides is 2. The lowest BCUT2D eigenvalue weighted by Gasteiger charge is -2.35. The van der Waals surface area contributed by atoms with Gasteiger partial charge in [0.1, 0.15) is 6.61 Å². The molecule has 184 valence electrons. The van der Waals surface area contributed by atoms with E-state index in [0.29, 0.717) is 19.5 Å². The number of aliphatic carboxylic acids is 1. The Balaban J connectivity index is 1.18. The van der Waals surface area contributed by atoms with Gasteiger partial charge in [-0.25, -0.2) is 4.79 Å². The molecule has 2 aromatic rings. The number of likely N-dealkylation sites (tertiary alicyclic amines) is 1. The van der Waals surface area contributed by atoms with Crippen LogP contribution in [0.2, 0.25) is 0 Å². The van der Waals surface area contributed by atoms with Gasteiger partial charge in [0.25, 0.3) is 0 Å². The van der Waals surface area contributed by atoms with Crippen LogP contribution in [0.15, 0.2) is 48.5 Å². The Morgan fingerprint density at radius 1 is 1.06 bits per heavy atom. The fraction of sp³-hybridized carbons (Fsp3) is 0.464. The molecule has 2 aliphatic carbocycles. The van der Waals surface area contributed by atoms with Crippen molar-refractivity contribution in [1.82, 2.24) is 10.2 Å². The van der Waals surface area contributed by atoms with Crippen molar-refractivity contribution in [3.8, 4) is 11.1 Å². The summed E-state index contributed by atoms with van der Waals surface area (Å²) in [5.74, 6) is -0.878. The van der Waals surface area contributed by atoms with Crippen molar-refractivity contribution in [3.05, 3.63) is 59.7 Å². The molecule has 0 bridgehead atoms. The van der Waals surface area contributed by atoms with Gasteiger partial charge in [0.15, 0.2) is 0 Å². The first-order valence-corrected chi connectivity index (χ1v) is 12.4. The van der Waals surface area contributed by atoms with E-state index in [-0.39, 0.29) is 42.7 Å². The Kier molecular flexibility index (Phi) is 6.03. The largest absolute Gasteiger partial charge is 0.481 e. The molecule has 2 aromatic carbocycles. The van der Waals surface area contributed by atoms with Crippen molar-refractivity contribution in [1.29, 1.82) is 0 Å². The summed E-state index contributed by atoms with van der Waals surface area (Å²) >= 11 is 0. The normalized spacial score (nSPS) is 23.9. The van der Waals surface area contributed by atoms with Crippen LogP contribution in [0.3, 0.4) is 0 Å². The zero-order valence-corrected chi connectivity index (χ0v) is 20.2. The fourth-order valence-electron chi connectivity index (χ4n) is 5.94. The van der Waals surface area contributed by atoms with Crippen molar-refractivity contribution >= 4 is 18.0 Å². The minimum Gasteiger partial charge on any atom is -0.481 e. The summed E-state index contributed by atoms with van der Waals surface area (Å²) in [6, 6.07) is 16.4. The summed E-state index contributed by atoms with van der Waals surface area (Å²) in [6.07, 6.45) is 0.751. The van der Waals surface area contributed by atoms with Crippen molar-refractivity contribution < 1.29 is 24.2 Å². The molecule has 7 nitrogen and oxygen atoms in total. The van der Waals surface area contributed by atoms with Gasteiger partial charge in [-0.2, -0.15) is 0 Å². The summed E-state index contributed by atoms with van der Waals surface area (Å²) in [7, 11) is 0. The SMILES string of the molecule is CCC(C)(CNC(=O)OCC1c2ccccc2-c2ccccc21)C(=O)N1CC[C@@H]2C(C(=O)O)[C@@H]2C1. The summed E-state index contributed by atoms with van der Waals surface area (Å²) in [5, 5.41) is 12.1. The lowest BCUT2D eigenvalue weighted by Crippen LogP contribution is -2.50. The van der Waals surface area contributed by atoms with E-state index in [1.165, 1.54) is 11.1 Å². The number of ether oxygens (including phenoxy) is 1. The predicted molar refractivity (Wildman–Crippen MR) is 131 cm³/mol. The summed E-state index contributed by atoms with van der Waals surface area (Å²) in [5.41, 5.74) is 3.87. The van der Waals surface area contributed by atoms with E-state index in [1.807, 2.05) is 38.1 Å². The van der Waals surface area contributed by atoms with Crippen molar-refractivity contribution in [2.45, 2.75) is 32.6 Å². The highest BCUT2D eigenvalue weighted by molar-refractivity contribution is 5.84. The number of carbonyl (C=O) groups excluding carboxylic acids is 2. The van der Waals surface area contributed by atoms with Gasteiger partial charge in [0.05, 0.1) is 11.3 Å². The fourth-order valence-corrected chi connectivity index (χ4v) is 5.94. The smallest absolute Gasteiger partial charge is 0.407 e. The number of piperidine rings is 1. The van der Waals surface area contributed by atoms with Crippen LogP contribution < -0.4 is 5.32 Å². The van der Waals surface area contributed by atoms with Crippen molar-refractivity contribution in [2.24, 2.45) is 23.2 Å². The zero-order valence-electron chi connectivity index (χ0n) is 20.2. The first-order valence-electron chi connectivity index (χ1n) is 12.4. The van der Waals surface area contributed by atoms with E-state index < -0.39 is 17.5 Å². The highest BCUT2D eigenvalue weighted by Crippen LogP contribution is 2.52. The zero-order chi connectivity index (χ0) is 24.7. The summed E-state index contributed by atoms with van der Waals surface area (Å²) < 4.78 is 5.63. The summed E-state index contributed by atoms with van der Waals surface area (Å²) in [4.78, 5) is 39.1. The number of hydrogen-bond acceptors (Lipinski definition) is 4. The van der Waals surface area contributed by atoms with Crippen LogP contribution in [0.4, 0.5) is 4.79 Å². The monoisotopic (exact) mass is 476 g/mol. The molecule has 35 heavy (non-hydrogen) atoms. The van der Waals surface area contributed by atoms with Gasteiger partial charge in [0, 0.05) is 25.6 Å². The van der Waals surface area contributed by atoms with Crippen LogP contribution in [0.25, 0.3) is 11.1 Å². The van der Waals surface area contributed by atoms with Crippen molar-refractivity contribution in [3.63, 3.8) is 0 Å². The number of carbonyl (C=O) groups is 3. The third-order valence-corrected chi connectivity index (χ3v) is 8.33. The van der Waals surface area contributed by atoms with Gasteiger partial charge < -0.3 is 20.1 Å². The Morgan fingerprint density at radius 2 is 1.69 bits per heavy atom. The average molecular weight is 477 g/mol. The minimum atomic E-state index is -0.772. The number of nitrogens with one attached hydrogen (secondary N) is 1. The van der Waals surface area contributed by atoms with Crippen LogP contribution in [0.5, 0.6) is 0 Å². The molecule has 1 saturated carbocycles. The lowest BCUT2D eigenvalue weighted by atomic mass is 9.85. The molecule has 2 N–H and O–H groups in total. The number of hydrogen-bond donors (Lipinski definition) is 2. The van der Waals surface area contributed by atoms with Crippen LogP contribution in [-0.2, 0) is 14.3 Å². The van der Waals surface area contributed by atoms with Gasteiger partial charge in [0.2, 0.25) is 5.91 Å². The summed E-state index contributed by atoms with van der Waals surface area (Å²) in [6.45, 7) is 5.24. The first-order chi connectivity index (χ1) is 16.8. The molecule has 5 rings (SSSR count). The molecular formula is C28H32N2O5. The van der Waals surface area contributed by atoms with Gasteiger partial charge in [-0.1, -0.05) is 55.5 Å². The molecule has 2 amide bonds. The third kappa shape index (κ3) is 4.17. The number of carboxylic acids is 1. The van der Waals surface area contributed by atoms with Gasteiger partial charge in [-0.15, -0.1) is 0 Å². The number of benzene rings is 2. The quantitative estimate of drug-likeness (QED) is 0.627. The Labute approximate surface area is 205 Å². The van der Waals surface area contributed by atoms with Crippen LogP contribution in [0.1, 0.15) is 43.7 Å². The Bertz CT molecular complexity index is 1120. The Hall–Kier alpha value is -3.35. The molecular weight excluding hydrogens is 444 g/mol. The van der Waals surface area contributed by atoms with E-state index in [1.54, 1.807) is 4.90 Å². The molecule has 0 radical (unpaired) electrons. The third-order valence-electron chi connectivity index (χ3n) is 8.33. The van der Waals surface area contributed by atoms with Crippen LogP contribution >= 0.6 is 0 Å². The molecule has 4 atom stereocenters. The maximum Gasteiger partial charge on any atom is 0.407 e. The second kappa shape index (κ2) is 9.02. The van der Waals surface area contributed by atoms with E-state index in [0.717, 1.165) is 17.5 Å². The minimum absolute atomic E-state index is 0.0191. The van der Waals surface area contributed by atoms with E-state index in [4.69, 9.17) is 4.74 Å². The second-order valence-electron chi connectivity index (χ2n) is 10.3. The molecule has 1 saturated heterocycles. The number of alkyl carbamates (subject to hydrolysis) is 1. The van der Waals surface area contributed by atoms with E-state index in [9.17, 15) is 19.5 Å². The van der Waals surface area contributed by atoms with Gasteiger partial charge in [-0.3, -0.25) is 9.59 Å². The maximum absolute atomic E-state index is 13.3. The number of rotatable bonds is 7. The molecule has 0 spiro atoms. The average Bonchev–Trinajstić information content (AvgIpc) is 3.53.